The summed E-state index contributed by atoms with van der Waals surface area (Å²) in [5.74, 6) is -0.00361. The molecule has 1 saturated heterocycles. The molecular formula is C13H19FN2O. The molecule has 2 rings (SSSR count). The van der Waals surface area contributed by atoms with Crippen LogP contribution in [0.2, 0.25) is 0 Å². The third kappa shape index (κ3) is 2.96. The van der Waals surface area contributed by atoms with Gasteiger partial charge in [0.1, 0.15) is 6.61 Å². The van der Waals surface area contributed by atoms with Crippen molar-refractivity contribution >= 4 is 0 Å². The number of benzene rings is 1. The number of ether oxygens (including phenoxy) is 1. The minimum absolute atomic E-state index is 0.322. The van der Waals surface area contributed by atoms with Gasteiger partial charge in [-0.2, -0.15) is 0 Å². The maximum absolute atomic E-state index is 13.6. The van der Waals surface area contributed by atoms with Crippen LogP contribution in [0.4, 0.5) is 4.39 Å². The molecule has 3 nitrogen and oxygen atoms in total. The van der Waals surface area contributed by atoms with Crippen LogP contribution < -0.4 is 10.5 Å². The summed E-state index contributed by atoms with van der Waals surface area (Å²) in [7, 11) is 2.08. The lowest BCUT2D eigenvalue weighted by Crippen LogP contribution is -2.30. The van der Waals surface area contributed by atoms with E-state index in [0.29, 0.717) is 24.9 Å². The zero-order valence-corrected chi connectivity index (χ0v) is 10.2. The molecule has 2 N–H and O–H groups in total. The highest BCUT2D eigenvalue weighted by Crippen LogP contribution is 2.21. The van der Waals surface area contributed by atoms with Gasteiger partial charge < -0.3 is 15.4 Å². The highest BCUT2D eigenvalue weighted by atomic mass is 19.1. The zero-order valence-electron chi connectivity index (χ0n) is 10.2. The summed E-state index contributed by atoms with van der Waals surface area (Å²) >= 11 is 0. The van der Waals surface area contributed by atoms with E-state index in [1.54, 1.807) is 12.1 Å². The van der Waals surface area contributed by atoms with Gasteiger partial charge in [-0.05, 0) is 44.1 Å². The van der Waals surface area contributed by atoms with Gasteiger partial charge in [0.2, 0.25) is 0 Å². The molecule has 1 aromatic rings. The topological polar surface area (TPSA) is 38.5 Å². The Morgan fingerprint density at radius 1 is 1.53 bits per heavy atom. The minimum atomic E-state index is -0.325. The summed E-state index contributed by atoms with van der Waals surface area (Å²) in [6.45, 7) is 2.00. The molecule has 1 aliphatic rings. The van der Waals surface area contributed by atoms with E-state index in [0.717, 1.165) is 18.5 Å². The molecule has 1 atom stereocenters. The Bertz CT molecular complexity index is 384. The van der Waals surface area contributed by atoms with Gasteiger partial charge in [0, 0.05) is 12.6 Å². The SMILES string of the molecule is CN1CCCC1COc1ccc(CN)cc1F. The van der Waals surface area contributed by atoms with Crippen molar-refractivity contribution in [1.29, 1.82) is 0 Å². The maximum Gasteiger partial charge on any atom is 0.165 e. The van der Waals surface area contributed by atoms with Crippen molar-refractivity contribution in [2.45, 2.75) is 25.4 Å². The minimum Gasteiger partial charge on any atom is -0.489 e. The van der Waals surface area contributed by atoms with Crippen molar-refractivity contribution in [2.24, 2.45) is 5.73 Å². The van der Waals surface area contributed by atoms with Crippen molar-refractivity contribution in [3.8, 4) is 5.75 Å². The van der Waals surface area contributed by atoms with E-state index in [1.807, 2.05) is 0 Å². The van der Waals surface area contributed by atoms with Crippen molar-refractivity contribution < 1.29 is 9.13 Å². The van der Waals surface area contributed by atoms with Crippen LogP contribution in [0.1, 0.15) is 18.4 Å². The smallest absolute Gasteiger partial charge is 0.165 e. The number of nitrogens with two attached hydrogens (primary N) is 1. The predicted octanol–water partition coefficient (Wildman–Crippen LogP) is 1.76. The molecule has 0 saturated carbocycles. The molecule has 1 aromatic carbocycles. The summed E-state index contributed by atoms with van der Waals surface area (Å²) in [5.41, 5.74) is 6.23. The van der Waals surface area contributed by atoms with E-state index in [1.165, 1.54) is 12.5 Å². The fourth-order valence-electron chi connectivity index (χ4n) is 2.16. The molecular weight excluding hydrogens is 219 g/mol. The van der Waals surface area contributed by atoms with Crippen LogP contribution >= 0.6 is 0 Å². The Morgan fingerprint density at radius 2 is 2.35 bits per heavy atom. The van der Waals surface area contributed by atoms with Gasteiger partial charge in [-0.1, -0.05) is 6.07 Å². The normalized spacial score (nSPS) is 20.8. The number of hydrogen-bond acceptors (Lipinski definition) is 3. The molecule has 17 heavy (non-hydrogen) atoms. The van der Waals surface area contributed by atoms with Gasteiger partial charge in [-0.25, -0.2) is 4.39 Å². The van der Waals surface area contributed by atoms with Crippen LogP contribution in [0.25, 0.3) is 0 Å². The van der Waals surface area contributed by atoms with Crippen molar-refractivity contribution in [2.75, 3.05) is 20.2 Å². The summed E-state index contributed by atoms with van der Waals surface area (Å²) in [6, 6.07) is 5.31. The second-order valence-electron chi connectivity index (χ2n) is 4.56. The fraction of sp³-hybridized carbons (Fsp3) is 0.538. The summed E-state index contributed by atoms with van der Waals surface area (Å²) in [4.78, 5) is 2.26. The third-order valence-corrected chi connectivity index (χ3v) is 3.33. The van der Waals surface area contributed by atoms with Crippen LogP contribution in [0, 0.1) is 5.82 Å². The Morgan fingerprint density at radius 3 is 2.94 bits per heavy atom. The van der Waals surface area contributed by atoms with Crippen LogP contribution in [0.5, 0.6) is 5.75 Å². The molecule has 0 bridgehead atoms. The van der Waals surface area contributed by atoms with Crippen LogP contribution in [-0.4, -0.2) is 31.1 Å². The summed E-state index contributed by atoms with van der Waals surface area (Å²) in [6.07, 6.45) is 2.32. The Balaban J connectivity index is 1.94. The number of hydrogen-bond donors (Lipinski definition) is 1. The average Bonchev–Trinajstić information content (AvgIpc) is 2.73. The quantitative estimate of drug-likeness (QED) is 0.868. The first-order chi connectivity index (χ1) is 8.20. The van der Waals surface area contributed by atoms with E-state index < -0.39 is 0 Å². The molecule has 1 fully saturated rings. The lowest BCUT2D eigenvalue weighted by molar-refractivity contribution is 0.193. The predicted molar refractivity (Wildman–Crippen MR) is 65.4 cm³/mol. The molecule has 94 valence electrons. The maximum atomic E-state index is 13.6. The number of likely N-dealkylation sites (tertiary alicyclic amines) is 1. The first-order valence-corrected chi connectivity index (χ1v) is 6.02. The molecule has 0 radical (unpaired) electrons. The van der Waals surface area contributed by atoms with Crippen LogP contribution in [0.15, 0.2) is 18.2 Å². The Hall–Kier alpha value is -1.13. The highest BCUT2D eigenvalue weighted by Gasteiger charge is 2.21. The van der Waals surface area contributed by atoms with Gasteiger partial charge in [-0.3, -0.25) is 0 Å². The first kappa shape index (κ1) is 12.3. The number of likely N-dealkylation sites (N-methyl/N-ethyl adjacent to an activating group) is 1. The second kappa shape index (κ2) is 5.47. The number of rotatable bonds is 4. The lowest BCUT2D eigenvalue weighted by Gasteiger charge is -2.19. The van der Waals surface area contributed by atoms with Crippen molar-refractivity contribution in [3.63, 3.8) is 0 Å². The second-order valence-corrected chi connectivity index (χ2v) is 4.56. The molecule has 0 amide bonds. The highest BCUT2D eigenvalue weighted by molar-refractivity contribution is 5.29. The standard InChI is InChI=1S/C13H19FN2O/c1-16-6-2-3-11(16)9-17-13-5-4-10(8-15)7-12(13)14/h4-5,7,11H,2-3,6,8-9,15H2,1H3. The van der Waals surface area contributed by atoms with Crippen LogP contribution in [-0.2, 0) is 6.54 Å². The molecule has 4 heteroatoms. The lowest BCUT2D eigenvalue weighted by atomic mass is 10.2. The zero-order chi connectivity index (χ0) is 12.3. The van der Waals surface area contributed by atoms with Crippen molar-refractivity contribution in [1.82, 2.24) is 4.90 Å². The Labute approximate surface area is 101 Å². The molecule has 1 aliphatic heterocycles. The largest absolute Gasteiger partial charge is 0.489 e. The van der Waals surface area contributed by atoms with E-state index in [4.69, 9.17) is 10.5 Å². The first-order valence-electron chi connectivity index (χ1n) is 6.02. The van der Waals surface area contributed by atoms with E-state index in [9.17, 15) is 4.39 Å². The average molecular weight is 238 g/mol. The summed E-state index contributed by atoms with van der Waals surface area (Å²) < 4.78 is 19.1. The van der Waals surface area contributed by atoms with Gasteiger partial charge in [0.15, 0.2) is 11.6 Å². The summed E-state index contributed by atoms with van der Waals surface area (Å²) in [5, 5.41) is 0. The van der Waals surface area contributed by atoms with E-state index >= 15 is 0 Å². The number of nitrogens with zero attached hydrogens (tertiary/aromatic N) is 1. The van der Waals surface area contributed by atoms with Crippen LogP contribution in [0.3, 0.4) is 0 Å². The molecule has 0 spiro atoms. The van der Waals surface area contributed by atoms with E-state index in [2.05, 4.69) is 11.9 Å². The van der Waals surface area contributed by atoms with Gasteiger partial charge in [0.05, 0.1) is 0 Å². The van der Waals surface area contributed by atoms with Crippen molar-refractivity contribution in [3.05, 3.63) is 29.6 Å². The van der Waals surface area contributed by atoms with E-state index in [-0.39, 0.29) is 5.82 Å². The fourth-order valence-corrected chi connectivity index (χ4v) is 2.16. The van der Waals surface area contributed by atoms with Gasteiger partial charge in [0.25, 0.3) is 0 Å². The third-order valence-electron chi connectivity index (χ3n) is 3.33. The molecule has 0 aromatic heterocycles. The number of halogens is 1. The molecule has 1 heterocycles. The molecule has 1 unspecified atom stereocenters. The van der Waals surface area contributed by atoms with Gasteiger partial charge >= 0.3 is 0 Å². The molecule has 0 aliphatic carbocycles. The van der Waals surface area contributed by atoms with Gasteiger partial charge in [-0.15, -0.1) is 0 Å². The Kier molecular flexibility index (Phi) is 3.97. The monoisotopic (exact) mass is 238 g/mol.